The third-order valence-corrected chi connectivity index (χ3v) is 5.34. The van der Waals surface area contributed by atoms with Crippen LogP contribution in [0.1, 0.15) is 51.0 Å². The fourth-order valence-corrected chi connectivity index (χ4v) is 3.34. The van der Waals surface area contributed by atoms with E-state index in [1.54, 1.807) is 0 Å². The second-order valence-corrected chi connectivity index (χ2v) is 6.44. The number of rotatable bonds is 2. The first-order valence-electron chi connectivity index (χ1n) is 7.64. The van der Waals surface area contributed by atoms with Gasteiger partial charge in [0.15, 0.2) is 5.78 Å². The van der Waals surface area contributed by atoms with Crippen molar-refractivity contribution in [2.45, 2.75) is 47.5 Å². The van der Waals surface area contributed by atoms with Gasteiger partial charge in [-0.3, -0.25) is 4.79 Å². The van der Waals surface area contributed by atoms with Crippen molar-refractivity contribution >= 4 is 5.78 Å². The Balaban J connectivity index is 2.40. The van der Waals surface area contributed by atoms with Crippen molar-refractivity contribution in [2.24, 2.45) is 5.92 Å². The van der Waals surface area contributed by atoms with E-state index in [1.807, 2.05) is 0 Å². The summed E-state index contributed by atoms with van der Waals surface area (Å²) in [5.74, 6) is 0.587. The second kappa shape index (κ2) is 5.69. The molecule has 1 aromatic rings. The summed E-state index contributed by atoms with van der Waals surface area (Å²) in [4.78, 5) is 15.3. The summed E-state index contributed by atoms with van der Waals surface area (Å²) in [5.41, 5.74) is 7.28. The maximum Gasteiger partial charge on any atom is 0.166 e. The molecule has 1 aromatic carbocycles. The van der Waals surface area contributed by atoms with Gasteiger partial charge in [0.2, 0.25) is 0 Å². The molecule has 0 unspecified atom stereocenters. The molecule has 0 amide bonds. The molecule has 0 spiro atoms. The zero-order valence-electron chi connectivity index (χ0n) is 13.8. The highest BCUT2D eigenvalue weighted by Gasteiger charge is 2.27. The summed E-state index contributed by atoms with van der Waals surface area (Å²) in [6.45, 7) is 12.7. The molecule has 2 nitrogen and oxygen atoms in total. The third kappa shape index (κ3) is 2.54. The van der Waals surface area contributed by atoms with Crippen molar-refractivity contribution in [3.05, 3.63) is 33.4 Å². The average Bonchev–Trinajstić information content (AvgIpc) is 2.44. The molecule has 20 heavy (non-hydrogen) atoms. The summed E-state index contributed by atoms with van der Waals surface area (Å²) in [7, 11) is 2.14. The minimum Gasteiger partial charge on any atom is -0.306 e. The van der Waals surface area contributed by atoms with Gasteiger partial charge in [-0.2, -0.15) is 0 Å². The van der Waals surface area contributed by atoms with Gasteiger partial charge >= 0.3 is 0 Å². The second-order valence-electron chi connectivity index (χ2n) is 6.44. The molecule has 0 radical (unpaired) electrons. The minimum atomic E-state index is 0.213. The van der Waals surface area contributed by atoms with Crippen molar-refractivity contribution in [3.8, 4) is 0 Å². The Morgan fingerprint density at radius 2 is 1.25 bits per heavy atom. The van der Waals surface area contributed by atoms with E-state index in [9.17, 15) is 4.79 Å². The number of carbonyl (C=O) groups is 1. The Morgan fingerprint density at radius 1 is 0.850 bits per heavy atom. The van der Waals surface area contributed by atoms with Gasteiger partial charge in [-0.15, -0.1) is 0 Å². The molecular weight excluding hydrogens is 246 g/mol. The zero-order valence-corrected chi connectivity index (χ0v) is 13.8. The molecule has 1 aliphatic rings. The molecule has 1 heterocycles. The van der Waals surface area contributed by atoms with Crippen LogP contribution in [0.3, 0.4) is 0 Å². The predicted octanol–water partition coefficient (Wildman–Crippen LogP) is 3.75. The van der Waals surface area contributed by atoms with Gasteiger partial charge in [-0.05, 0) is 95.4 Å². The lowest BCUT2D eigenvalue weighted by Crippen LogP contribution is -2.34. The number of nitrogens with zero attached hydrogens (tertiary/aromatic N) is 1. The van der Waals surface area contributed by atoms with E-state index in [1.165, 1.54) is 27.8 Å². The molecule has 0 bridgehead atoms. The van der Waals surface area contributed by atoms with E-state index in [0.717, 1.165) is 31.5 Å². The average molecular weight is 273 g/mol. The lowest BCUT2D eigenvalue weighted by Gasteiger charge is -2.29. The lowest BCUT2D eigenvalue weighted by atomic mass is 9.81. The maximum atomic E-state index is 12.9. The third-order valence-electron chi connectivity index (χ3n) is 5.34. The van der Waals surface area contributed by atoms with Gasteiger partial charge in [-0.1, -0.05) is 0 Å². The summed E-state index contributed by atoms with van der Waals surface area (Å²) < 4.78 is 0. The molecule has 1 fully saturated rings. The van der Waals surface area contributed by atoms with Crippen LogP contribution < -0.4 is 0 Å². The molecule has 0 aromatic heterocycles. The Morgan fingerprint density at radius 3 is 1.70 bits per heavy atom. The summed E-state index contributed by atoms with van der Waals surface area (Å²) in [5, 5.41) is 0. The van der Waals surface area contributed by atoms with Crippen LogP contribution in [0, 0.1) is 40.5 Å². The first kappa shape index (κ1) is 15.2. The maximum absolute atomic E-state index is 12.9. The van der Waals surface area contributed by atoms with E-state index >= 15 is 0 Å². The Hall–Kier alpha value is -1.15. The van der Waals surface area contributed by atoms with Crippen molar-refractivity contribution < 1.29 is 4.79 Å². The zero-order chi connectivity index (χ0) is 15.0. The summed E-state index contributed by atoms with van der Waals surface area (Å²) in [6.07, 6.45) is 2.00. The number of likely N-dealkylation sites (tertiary alicyclic amines) is 1. The molecule has 0 N–H and O–H groups in total. The standard InChI is InChI=1S/C18H27NO/c1-11-12(2)14(4)17(15(5)13(11)3)18(20)16-7-9-19(6)10-8-16/h16H,7-10H2,1-6H3. The highest BCUT2D eigenvalue weighted by molar-refractivity contribution is 6.01. The number of benzene rings is 1. The molecule has 1 aliphatic heterocycles. The van der Waals surface area contributed by atoms with Crippen LogP contribution in [0.4, 0.5) is 0 Å². The number of carbonyl (C=O) groups excluding carboxylic acids is 1. The van der Waals surface area contributed by atoms with Crippen LogP contribution in [-0.2, 0) is 0 Å². The van der Waals surface area contributed by atoms with Gasteiger partial charge < -0.3 is 4.90 Å². The molecule has 110 valence electrons. The number of hydrogen-bond donors (Lipinski definition) is 0. The van der Waals surface area contributed by atoms with Crippen LogP contribution >= 0.6 is 0 Å². The molecule has 0 saturated carbocycles. The smallest absolute Gasteiger partial charge is 0.166 e. The van der Waals surface area contributed by atoms with E-state index in [-0.39, 0.29) is 5.92 Å². The lowest BCUT2D eigenvalue weighted by molar-refractivity contribution is 0.0855. The SMILES string of the molecule is Cc1c(C)c(C)c(C(=O)C2CCN(C)CC2)c(C)c1C. The highest BCUT2D eigenvalue weighted by atomic mass is 16.1. The van der Waals surface area contributed by atoms with Crippen LogP contribution in [0.2, 0.25) is 0 Å². The highest BCUT2D eigenvalue weighted by Crippen LogP contribution is 2.30. The van der Waals surface area contributed by atoms with E-state index in [4.69, 9.17) is 0 Å². The first-order valence-corrected chi connectivity index (χ1v) is 7.64. The van der Waals surface area contributed by atoms with Gasteiger partial charge in [0.05, 0.1) is 0 Å². The van der Waals surface area contributed by atoms with E-state index < -0.39 is 0 Å². The number of piperidine rings is 1. The topological polar surface area (TPSA) is 20.3 Å². The monoisotopic (exact) mass is 273 g/mol. The summed E-state index contributed by atoms with van der Waals surface area (Å²) >= 11 is 0. The molecule has 2 rings (SSSR count). The van der Waals surface area contributed by atoms with Gasteiger partial charge in [0.1, 0.15) is 0 Å². The Bertz CT molecular complexity index is 508. The fourth-order valence-electron chi connectivity index (χ4n) is 3.34. The van der Waals surface area contributed by atoms with Crippen LogP contribution in [-0.4, -0.2) is 30.8 Å². The van der Waals surface area contributed by atoms with Crippen molar-refractivity contribution in [3.63, 3.8) is 0 Å². The number of ketones is 1. The molecule has 1 saturated heterocycles. The number of hydrogen-bond acceptors (Lipinski definition) is 2. The quantitative estimate of drug-likeness (QED) is 0.765. The number of Topliss-reactive ketones (excluding diaryl/α,β-unsaturated/α-hetero) is 1. The molecule has 0 atom stereocenters. The first-order chi connectivity index (χ1) is 9.34. The Labute approximate surface area is 123 Å². The van der Waals surface area contributed by atoms with E-state index in [2.05, 4.69) is 46.6 Å². The van der Waals surface area contributed by atoms with Gasteiger partial charge in [0, 0.05) is 11.5 Å². The summed E-state index contributed by atoms with van der Waals surface area (Å²) in [6, 6.07) is 0. The van der Waals surface area contributed by atoms with Crippen LogP contribution in [0.25, 0.3) is 0 Å². The predicted molar refractivity (Wildman–Crippen MR) is 84.7 cm³/mol. The Kier molecular flexibility index (Phi) is 4.33. The molecular formula is C18H27NO. The fraction of sp³-hybridized carbons (Fsp3) is 0.611. The van der Waals surface area contributed by atoms with Crippen molar-refractivity contribution in [1.29, 1.82) is 0 Å². The van der Waals surface area contributed by atoms with E-state index in [0.29, 0.717) is 5.78 Å². The molecule has 0 aliphatic carbocycles. The minimum absolute atomic E-state index is 0.213. The van der Waals surface area contributed by atoms with Crippen molar-refractivity contribution in [2.75, 3.05) is 20.1 Å². The van der Waals surface area contributed by atoms with Crippen molar-refractivity contribution in [1.82, 2.24) is 4.90 Å². The van der Waals surface area contributed by atoms with Crippen LogP contribution in [0.15, 0.2) is 0 Å². The van der Waals surface area contributed by atoms with Gasteiger partial charge in [-0.25, -0.2) is 0 Å². The van der Waals surface area contributed by atoms with Crippen LogP contribution in [0.5, 0.6) is 0 Å². The molecule has 2 heteroatoms. The normalized spacial score (nSPS) is 17.5. The largest absolute Gasteiger partial charge is 0.306 e. The van der Waals surface area contributed by atoms with Gasteiger partial charge in [0.25, 0.3) is 0 Å².